The molecule has 0 saturated heterocycles. The molecule has 3 nitrogen and oxygen atoms in total. The molecule has 1 amide bonds. The minimum Gasteiger partial charge on any atom is -0.496 e. The van der Waals surface area contributed by atoms with Crippen LogP contribution >= 0.6 is 0 Å². The molecule has 27 heavy (non-hydrogen) atoms. The average molecular weight is 376 g/mol. The molecule has 0 bridgehead atoms. The molecule has 0 spiro atoms. The average Bonchev–Trinajstić information content (AvgIpc) is 2.70. The molecule has 0 aliphatic carbocycles. The zero-order valence-electron chi connectivity index (χ0n) is 17.7. The van der Waals surface area contributed by atoms with Crippen LogP contribution in [0.15, 0.2) is 24.3 Å². The third kappa shape index (κ3) is 11.7. The highest BCUT2D eigenvalue weighted by molar-refractivity contribution is 5.96. The van der Waals surface area contributed by atoms with E-state index in [1.54, 1.807) is 13.2 Å². The maximum absolute atomic E-state index is 12.2. The second-order valence-corrected chi connectivity index (χ2v) is 7.55. The third-order valence-corrected chi connectivity index (χ3v) is 5.17. The first-order valence-corrected chi connectivity index (χ1v) is 11.2. The van der Waals surface area contributed by atoms with Crippen molar-refractivity contribution < 1.29 is 9.53 Å². The van der Waals surface area contributed by atoms with E-state index >= 15 is 0 Å². The maximum Gasteiger partial charge on any atom is 0.255 e. The van der Waals surface area contributed by atoms with Crippen LogP contribution in [0.2, 0.25) is 0 Å². The molecule has 0 heterocycles. The lowest BCUT2D eigenvalue weighted by Crippen LogP contribution is -2.24. The van der Waals surface area contributed by atoms with Crippen molar-refractivity contribution in [3.63, 3.8) is 0 Å². The van der Waals surface area contributed by atoms with E-state index in [-0.39, 0.29) is 5.91 Å². The first-order chi connectivity index (χ1) is 13.3. The summed E-state index contributed by atoms with van der Waals surface area (Å²) in [6.07, 6.45) is 18.9. The molecular formula is C24H41NO2. The van der Waals surface area contributed by atoms with Crippen molar-refractivity contribution in [2.45, 2.75) is 96.8 Å². The molecule has 0 fully saturated rings. The monoisotopic (exact) mass is 375 g/mol. The van der Waals surface area contributed by atoms with Crippen LogP contribution in [0.4, 0.5) is 0 Å². The van der Waals surface area contributed by atoms with Gasteiger partial charge >= 0.3 is 0 Å². The molecule has 0 aliphatic rings. The van der Waals surface area contributed by atoms with Gasteiger partial charge in [-0.25, -0.2) is 0 Å². The summed E-state index contributed by atoms with van der Waals surface area (Å²) >= 11 is 0. The number of nitrogens with one attached hydrogen (secondary N) is 1. The fourth-order valence-corrected chi connectivity index (χ4v) is 3.45. The Labute approximate surface area is 167 Å². The van der Waals surface area contributed by atoms with Crippen molar-refractivity contribution >= 4 is 5.91 Å². The van der Waals surface area contributed by atoms with Gasteiger partial charge in [-0.3, -0.25) is 4.79 Å². The van der Waals surface area contributed by atoms with Crippen molar-refractivity contribution in [3.05, 3.63) is 29.8 Å². The van der Waals surface area contributed by atoms with Gasteiger partial charge in [0.15, 0.2) is 0 Å². The zero-order valence-corrected chi connectivity index (χ0v) is 17.7. The molecular weight excluding hydrogens is 334 g/mol. The van der Waals surface area contributed by atoms with Crippen LogP contribution in [0.5, 0.6) is 5.75 Å². The highest BCUT2D eigenvalue weighted by atomic mass is 16.5. The summed E-state index contributed by atoms with van der Waals surface area (Å²) in [4.78, 5) is 12.2. The largest absolute Gasteiger partial charge is 0.496 e. The number of amides is 1. The second-order valence-electron chi connectivity index (χ2n) is 7.55. The lowest BCUT2D eigenvalue weighted by atomic mass is 10.0. The number of methoxy groups -OCH3 is 1. The molecule has 0 radical (unpaired) electrons. The van der Waals surface area contributed by atoms with E-state index in [0.29, 0.717) is 11.3 Å². The Morgan fingerprint density at radius 3 is 1.78 bits per heavy atom. The molecule has 0 atom stereocenters. The number of benzene rings is 1. The molecule has 154 valence electrons. The molecule has 3 heteroatoms. The number of hydrogen-bond acceptors (Lipinski definition) is 2. The smallest absolute Gasteiger partial charge is 0.255 e. The van der Waals surface area contributed by atoms with Crippen LogP contribution < -0.4 is 10.1 Å². The van der Waals surface area contributed by atoms with Crippen LogP contribution in [0.3, 0.4) is 0 Å². The van der Waals surface area contributed by atoms with Crippen LogP contribution in [0, 0.1) is 0 Å². The van der Waals surface area contributed by atoms with Gasteiger partial charge in [-0.15, -0.1) is 0 Å². The summed E-state index contributed by atoms with van der Waals surface area (Å²) in [5.41, 5.74) is 0.616. The first kappa shape index (κ1) is 23.5. The van der Waals surface area contributed by atoms with Gasteiger partial charge in [-0.1, -0.05) is 103 Å². The number of carbonyl (C=O) groups excluding carboxylic acids is 1. The van der Waals surface area contributed by atoms with E-state index in [1.165, 1.54) is 83.5 Å². The fraction of sp³-hybridized carbons (Fsp3) is 0.708. The number of para-hydroxylation sites is 1. The SMILES string of the molecule is CCCCCCCCCCCCCCCCNC(=O)c1ccccc1OC. The lowest BCUT2D eigenvalue weighted by molar-refractivity contribution is 0.0950. The van der Waals surface area contributed by atoms with Crippen molar-refractivity contribution in [1.82, 2.24) is 5.32 Å². The van der Waals surface area contributed by atoms with Crippen LogP contribution in [0.25, 0.3) is 0 Å². The van der Waals surface area contributed by atoms with Gasteiger partial charge in [0.1, 0.15) is 5.75 Å². The van der Waals surface area contributed by atoms with E-state index in [4.69, 9.17) is 4.74 Å². The van der Waals surface area contributed by atoms with Crippen molar-refractivity contribution in [2.75, 3.05) is 13.7 Å². The van der Waals surface area contributed by atoms with Crippen molar-refractivity contribution in [2.24, 2.45) is 0 Å². The van der Waals surface area contributed by atoms with Crippen LogP contribution in [-0.4, -0.2) is 19.6 Å². The third-order valence-electron chi connectivity index (χ3n) is 5.17. The first-order valence-electron chi connectivity index (χ1n) is 11.2. The number of ether oxygens (including phenoxy) is 1. The van der Waals surface area contributed by atoms with Gasteiger partial charge in [-0.2, -0.15) is 0 Å². The maximum atomic E-state index is 12.2. The molecule has 0 saturated carbocycles. The van der Waals surface area contributed by atoms with E-state index in [0.717, 1.165) is 13.0 Å². The molecule has 1 aromatic rings. The minimum absolute atomic E-state index is 0.0397. The van der Waals surface area contributed by atoms with Gasteiger partial charge in [0.2, 0.25) is 0 Å². The standard InChI is InChI=1S/C24H41NO2/c1-3-4-5-6-7-8-9-10-11-12-13-14-15-18-21-25-24(26)22-19-16-17-20-23(22)27-2/h16-17,19-20H,3-15,18,21H2,1-2H3,(H,25,26). The van der Waals surface area contributed by atoms with E-state index < -0.39 is 0 Å². The quantitative estimate of drug-likeness (QED) is 0.300. The predicted octanol–water partition coefficient (Wildman–Crippen LogP) is 6.91. The summed E-state index contributed by atoms with van der Waals surface area (Å²) in [5.74, 6) is 0.595. The number of rotatable bonds is 17. The molecule has 0 aliphatic heterocycles. The summed E-state index contributed by atoms with van der Waals surface area (Å²) in [5, 5.41) is 3.00. The molecule has 1 rings (SSSR count). The number of carbonyl (C=O) groups is 1. The Balaban J connectivity index is 1.88. The molecule has 0 unspecified atom stereocenters. The summed E-state index contributed by atoms with van der Waals surface area (Å²) in [6.45, 7) is 3.02. The Bertz CT molecular complexity index is 487. The van der Waals surface area contributed by atoms with Gasteiger partial charge in [-0.05, 0) is 18.6 Å². The minimum atomic E-state index is -0.0397. The normalized spacial score (nSPS) is 10.7. The highest BCUT2D eigenvalue weighted by Crippen LogP contribution is 2.17. The van der Waals surface area contributed by atoms with Gasteiger partial charge in [0.25, 0.3) is 5.91 Å². The van der Waals surface area contributed by atoms with E-state index in [9.17, 15) is 4.79 Å². The summed E-state index contributed by atoms with van der Waals surface area (Å²) < 4.78 is 5.23. The Hall–Kier alpha value is -1.51. The highest BCUT2D eigenvalue weighted by Gasteiger charge is 2.10. The second kappa shape index (κ2) is 16.6. The molecule has 1 aromatic carbocycles. The van der Waals surface area contributed by atoms with Crippen molar-refractivity contribution in [3.8, 4) is 5.75 Å². The Morgan fingerprint density at radius 2 is 1.26 bits per heavy atom. The van der Waals surface area contributed by atoms with Crippen LogP contribution in [-0.2, 0) is 0 Å². The van der Waals surface area contributed by atoms with Crippen LogP contribution in [0.1, 0.15) is 107 Å². The topological polar surface area (TPSA) is 38.3 Å². The summed E-state index contributed by atoms with van der Waals surface area (Å²) in [7, 11) is 1.60. The van der Waals surface area contributed by atoms with Gasteiger partial charge in [0, 0.05) is 6.54 Å². The summed E-state index contributed by atoms with van der Waals surface area (Å²) in [6, 6.07) is 7.37. The van der Waals surface area contributed by atoms with Crippen molar-refractivity contribution in [1.29, 1.82) is 0 Å². The van der Waals surface area contributed by atoms with Gasteiger partial charge < -0.3 is 10.1 Å². The predicted molar refractivity (Wildman–Crippen MR) is 116 cm³/mol. The zero-order chi connectivity index (χ0) is 19.6. The van der Waals surface area contributed by atoms with E-state index in [2.05, 4.69) is 12.2 Å². The Morgan fingerprint density at radius 1 is 0.778 bits per heavy atom. The molecule has 0 aromatic heterocycles. The molecule has 1 N–H and O–H groups in total. The van der Waals surface area contributed by atoms with Gasteiger partial charge in [0.05, 0.1) is 12.7 Å². The Kier molecular flexibility index (Phi) is 14.5. The number of hydrogen-bond donors (Lipinski definition) is 1. The lowest BCUT2D eigenvalue weighted by Gasteiger charge is -2.09. The van der Waals surface area contributed by atoms with E-state index in [1.807, 2.05) is 18.2 Å². The number of unbranched alkanes of at least 4 members (excludes halogenated alkanes) is 13. The fourth-order valence-electron chi connectivity index (χ4n) is 3.45.